The third-order valence-electron chi connectivity index (χ3n) is 5.15. The van der Waals surface area contributed by atoms with Crippen molar-refractivity contribution in [2.75, 3.05) is 0 Å². The lowest BCUT2D eigenvalue weighted by molar-refractivity contribution is 0.595. The van der Waals surface area contributed by atoms with Crippen LogP contribution >= 0.6 is 0 Å². The molecule has 4 aromatic rings. The number of nitriles is 1. The van der Waals surface area contributed by atoms with Gasteiger partial charge in [-0.15, -0.1) is 0 Å². The minimum Gasteiger partial charge on any atom is -0.357 e. The maximum Gasteiger partial charge on any atom is 0.206 e. The van der Waals surface area contributed by atoms with Gasteiger partial charge in [0.1, 0.15) is 6.07 Å². The van der Waals surface area contributed by atoms with Crippen LogP contribution < -0.4 is 0 Å². The van der Waals surface area contributed by atoms with E-state index in [1.165, 1.54) is 0 Å². The molecule has 1 N–H and O–H groups in total. The number of rotatable bonds is 5. The highest BCUT2D eigenvalue weighted by Gasteiger charge is 2.23. The SMILES string of the molecule is Cc1[nH]c(-c2ccccc2)c(Cc2ccccc2S(=O)(=O)c2ccccc2)c1C#N. The third-order valence-corrected chi connectivity index (χ3v) is 7.02. The van der Waals surface area contributed by atoms with E-state index in [-0.39, 0.29) is 9.79 Å². The average molecular weight is 413 g/mol. The van der Waals surface area contributed by atoms with Gasteiger partial charge < -0.3 is 4.98 Å². The second kappa shape index (κ2) is 8.02. The number of aryl methyl sites for hydroxylation is 1. The highest BCUT2D eigenvalue weighted by Crippen LogP contribution is 2.32. The van der Waals surface area contributed by atoms with Crippen LogP contribution in [0.3, 0.4) is 0 Å². The Balaban J connectivity index is 1.86. The molecule has 0 aliphatic heterocycles. The minimum absolute atomic E-state index is 0.256. The molecule has 0 saturated carbocycles. The van der Waals surface area contributed by atoms with Crippen LogP contribution in [0.5, 0.6) is 0 Å². The summed E-state index contributed by atoms with van der Waals surface area (Å²) >= 11 is 0. The van der Waals surface area contributed by atoms with Gasteiger partial charge in [-0.3, -0.25) is 0 Å². The summed E-state index contributed by atoms with van der Waals surface area (Å²) in [5.74, 6) is 0. The lowest BCUT2D eigenvalue weighted by Crippen LogP contribution is -2.06. The van der Waals surface area contributed by atoms with Gasteiger partial charge in [-0.2, -0.15) is 5.26 Å². The van der Waals surface area contributed by atoms with Crippen LogP contribution in [-0.2, 0) is 16.3 Å². The largest absolute Gasteiger partial charge is 0.357 e. The summed E-state index contributed by atoms with van der Waals surface area (Å²) in [5, 5.41) is 9.76. The quantitative estimate of drug-likeness (QED) is 0.484. The van der Waals surface area contributed by atoms with E-state index in [1.807, 2.05) is 49.4 Å². The minimum atomic E-state index is -3.67. The molecule has 0 radical (unpaired) electrons. The molecule has 0 aliphatic carbocycles. The summed E-state index contributed by atoms with van der Waals surface area (Å²) in [6, 6.07) is 27.5. The second-order valence-electron chi connectivity index (χ2n) is 7.06. The zero-order chi connectivity index (χ0) is 21.1. The average Bonchev–Trinajstić information content (AvgIpc) is 3.10. The van der Waals surface area contributed by atoms with Gasteiger partial charge >= 0.3 is 0 Å². The van der Waals surface area contributed by atoms with Crippen LogP contribution in [-0.4, -0.2) is 13.4 Å². The summed E-state index contributed by atoms with van der Waals surface area (Å²) in [6.07, 6.45) is 0.333. The Morgan fingerprint density at radius 1 is 0.867 bits per heavy atom. The van der Waals surface area contributed by atoms with Crippen LogP contribution in [0.2, 0.25) is 0 Å². The molecule has 0 aliphatic rings. The van der Waals surface area contributed by atoms with Crippen molar-refractivity contribution in [3.63, 3.8) is 0 Å². The maximum atomic E-state index is 13.3. The lowest BCUT2D eigenvalue weighted by Gasteiger charge is -2.12. The van der Waals surface area contributed by atoms with E-state index < -0.39 is 9.84 Å². The molecule has 0 fully saturated rings. The monoisotopic (exact) mass is 412 g/mol. The molecule has 0 atom stereocenters. The maximum absolute atomic E-state index is 13.3. The number of sulfone groups is 1. The Bertz CT molecular complexity index is 1330. The van der Waals surface area contributed by atoms with Crippen LogP contribution in [0.15, 0.2) is 94.7 Å². The molecule has 0 saturated heterocycles. The van der Waals surface area contributed by atoms with Gasteiger partial charge in [0.05, 0.1) is 21.0 Å². The van der Waals surface area contributed by atoms with E-state index in [9.17, 15) is 13.7 Å². The van der Waals surface area contributed by atoms with Crippen molar-refractivity contribution in [1.29, 1.82) is 5.26 Å². The Kier molecular flexibility index (Phi) is 5.26. The van der Waals surface area contributed by atoms with E-state index in [2.05, 4.69) is 11.1 Å². The fraction of sp³-hybridized carbons (Fsp3) is 0.0800. The van der Waals surface area contributed by atoms with Gasteiger partial charge in [0.25, 0.3) is 0 Å². The molecular weight excluding hydrogens is 392 g/mol. The molecule has 0 spiro atoms. The number of aromatic amines is 1. The van der Waals surface area contributed by atoms with Crippen molar-refractivity contribution >= 4 is 9.84 Å². The first-order valence-corrected chi connectivity index (χ1v) is 11.1. The van der Waals surface area contributed by atoms with E-state index in [1.54, 1.807) is 42.5 Å². The first-order valence-electron chi connectivity index (χ1n) is 9.57. The number of hydrogen-bond acceptors (Lipinski definition) is 3. The first kappa shape index (κ1) is 19.7. The molecule has 5 heteroatoms. The molecule has 3 aromatic carbocycles. The summed E-state index contributed by atoms with van der Waals surface area (Å²) in [6.45, 7) is 1.86. The van der Waals surface area contributed by atoms with Crippen molar-refractivity contribution < 1.29 is 8.42 Å². The number of hydrogen-bond donors (Lipinski definition) is 1. The van der Waals surface area contributed by atoms with E-state index >= 15 is 0 Å². The van der Waals surface area contributed by atoms with Crippen molar-refractivity contribution in [2.45, 2.75) is 23.1 Å². The van der Waals surface area contributed by atoms with Crippen LogP contribution in [0.4, 0.5) is 0 Å². The lowest BCUT2D eigenvalue weighted by atomic mass is 9.98. The van der Waals surface area contributed by atoms with Gasteiger partial charge in [-0.25, -0.2) is 8.42 Å². The third kappa shape index (κ3) is 3.54. The molecule has 0 unspecified atom stereocenters. The Hall–Kier alpha value is -3.62. The zero-order valence-electron chi connectivity index (χ0n) is 16.5. The number of H-pyrrole nitrogens is 1. The smallest absolute Gasteiger partial charge is 0.206 e. The molecule has 0 amide bonds. The Morgan fingerprint density at radius 3 is 2.13 bits per heavy atom. The fourth-order valence-corrected chi connectivity index (χ4v) is 5.20. The molecule has 1 heterocycles. The number of aromatic nitrogens is 1. The molecular formula is C25H20N2O2S. The molecule has 30 heavy (non-hydrogen) atoms. The van der Waals surface area contributed by atoms with Crippen molar-refractivity contribution in [2.24, 2.45) is 0 Å². The zero-order valence-corrected chi connectivity index (χ0v) is 17.3. The van der Waals surface area contributed by atoms with Gasteiger partial charge in [-0.1, -0.05) is 66.7 Å². The molecule has 0 bridgehead atoms. The summed E-state index contributed by atoms with van der Waals surface area (Å²) in [5.41, 5.74) is 4.60. The summed E-state index contributed by atoms with van der Waals surface area (Å²) < 4.78 is 26.6. The highest BCUT2D eigenvalue weighted by atomic mass is 32.2. The van der Waals surface area contributed by atoms with Crippen molar-refractivity contribution in [3.05, 3.63) is 107 Å². The molecule has 4 nitrogen and oxygen atoms in total. The van der Waals surface area contributed by atoms with Crippen LogP contribution in [0.1, 0.15) is 22.4 Å². The van der Waals surface area contributed by atoms with Crippen molar-refractivity contribution in [3.8, 4) is 17.3 Å². The number of nitrogens with one attached hydrogen (secondary N) is 1. The van der Waals surface area contributed by atoms with E-state index in [0.29, 0.717) is 17.5 Å². The van der Waals surface area contributed by atoms with Gasteiger partial charge in [0, 0.05) is 17.7 Å². The van der Waals surface area contributed by atoms with Crippen LogP contribution in [0, 0.1) is 18.3 Å². The fourth-order valence-electron chi connectivity index (χ4n) is 3.69. The van der Waals surface area contributed by atoms with Crippen molar-refractivity contribution in [1.82, 2.24) is 4.98 Å². The predicted octanol–water partition coefficient (Wildman–Crippen LogP) is 5.29. The highest BCUT2D eigenvalue weighted by molar-refractivity contribution is 7.91. The summed E-state index contributed by atoms with van der Waals surface area (Å²) in [7, 11) is -3.67. The standard InChI is InChI=1S/C25H20N2O2S/c1-18-23(17-26)22(25(27-18)19-10-4-2-5-11-19)16-20-12-8-9-15-24(20)30(28,29)21-13-6-3-7-14-21/h2-15,27H,16H2,1H3. The van der Waals surface area contributed by atoms with Crippen LogP contribution in [0.25, 0.3) is 11.3 Å². The van der Waals surface area contributed by atoms with Gasteiger partial charge in [-0.05, 0) is 36.2 Å². The summed E-state index contributed by atoms with van der Waals surface area (Å²) in [4.78, 5) is 3.84. The van der Waals surface area contributed by atoms with E-state index in [0.717, 1.165) is 22.5 Å². The topological polar surface area (TPSA) is 73.7 Å². The van der Waals surface area contributed by atoms with E-state index in [4.69, 9.17) is 0 Å². The Morgan fingerprint density at radius 2 is 1.47 bits per heavy atom. The van der Waals surface area contributed by atoms with Gasteiger partial charge in [0.15, 0.2) is 0 Å². The Labute approximate surface area is 176 Å². The molecule has 4 rings (SSSR count). The number of benzene rings is 3. The molecule has 148 valence electrons. The van der Waals surface area contributed by atoms with Gasteiger partial charge in [0.2, 0.25) is 9.84 Å². The second-order valence-corrected chi connectivity index (χ2v) is 8.98. The number of nitrogens with zero attached hydrogens (tertiary/aromatic N) is 1. The normalized spacial score (nSPS) is 11.2. The first-order chi connectivity index (χ1) is 14.5. The molecule has 1 aromatic heterocycles. The predicted molar refractivity (Wildman–Crippen MR) is 117 cm³/mol.